The van der Waals surface area contributed by atoms with Crippen LogP contribution in [0.25, 0.3) is 33.3 Å². The van der Waals surface area contributed by atoms with Crippen molar-refractivity contribution in [1.29, 1.82) is 0 Å². The summed E-state index contributed by atoms with van der Waals surface area (Å²) < 4.78 is 98.3. The molecule has 0 fully saturated rings. The standard InChI is InChI=1S/C23H18F3N5O4S3/c1-30-20(7-8-28-30)18-9-14(23(24,25)26)3-5-16(18)19-11-31(37(2,32)33)21-10-15(4-6-17(19)21)38(34,35)12-22-27-13-29-36-22/h3-11,13H,12H2,1-2H3. The summed E-state index contributed by atoms with van der Waals surface area (Å²) in [6.45, 7) is 0. The maximum atomic E-state index is 13.6. The monoisotopic (exact) mass is 581 g/mol. The molecule has 5 rings (SSSR count). The summed E-state index contributed by atoms with van der Waals surface area (Å²) in [5, 5.41) is 4.67. The van der Waals surface area contributed by atoms with Crippen LogP contribution in [-0.2, 0) is 38.8 Å². The highest BCUT2D eigenvalue weighted by atomic mass is 32.2. The lowest BCUT2D eigenvalue weighted by Crippen LogP contribution is -2.09. The molecule has 15 heteroatoms. The minimum Gasteiger partial charge on any atom is -0.268 e. The zero-order chi connectivity index (χ0) is 27.5. The van der Waals surface area contributed by atoms with E-state index in [0.717, 1.165) is 33.9 Å². The van der Waals surface area contributed by atoms with Crippen LogP contribution in [0, 0.1) is 0 Å². The van der Waals surface area contributed by atoms with E-state index in [4.69, 9.17) is 0 Å². The fraction of sp³-hybridized carbons (Fsp3) is 0.174. The number of sulfone groups is 1. The van der Waals surface area contributed by atoms with Crippen molar-refractivity contribution < 1.29 is 30.0 Å². The van der Waals surface area contributed by atoms with Gasteiger partial charge in [-0.2, -0.15) is 22.6 Å². The van der Waals surface area contributed by atoms with E-state index < -0.39 is 37.4 Å². The minimum absolute atomic E-state index is 0.0664. The summed E-state index contributed by atoms with van der Waals surface area (Å²) in [6, 6.07) is 8.74. The fourth-order valence-corrected chi connectivity index (χ4v) is 7.10. The lowest BCUT2D eigenvalue weighted by atomic mass is 9.95. The van der Waals surface area contributed by atoms with E-state index in [-0.39, 0.29) is 21.0 Å². The summed E-state index contributed by atoms with van der Waals surface area (Å²) in [5.74, 6) is -0.418. The molecule has 0 bridgehead atoms. The van der Waals surface area contributed by atoms with Crippen LogP contribution in [0.4, 0.5) is 13.2 Å². The largest absolute Gasteiger partial charge is 0.416 e. The van der Waals surface area contributed by atoms with Crippen LogP contribution in [0.5, 0.6) is 0 Å². The fourth-order valence-electron chi connectivity index (χ4n) is 4.17. The molecule has 2 aromatic carbocycles. The third kappa shape index (κ3) is 4.72. The number of alkyl halides is 3. The number of hydrogen-bond donors (Lipinski definition) is 0. The lowest BCUT2D eigenvalue weighted by molar-refractivity contribution is -0.137. The first-order valence-corrected chi connectivity index (χ1v) is 15.1. The Morgan fingerprint density at radius 1 is 0.974 bits per heavy atom. The van der Waals surface area contributed by atoms with Crippen molar-refractivity contribution >= 4 is 42.3 Å². The predicted molar refractivity (Wildman–Crippen MR) is 136 cm³/mol. The summed E-state index contributed by atoms with van der Waals surface area (Å²) in [5.41, 5.74) is 0.371. The van der Waals surface area contributed by atoms with Gasteiger partial charge in [-0.05, 0) is 47.4 Å². The average Bonchev–Trinajstić information content (AvgIpc) is 3.57. The van der Waals surface area contributed by atoms with E-state index in [1.165, 1.54) is 47.7 Å². The van der Waals surface area contributed by atoms with Crippen molar-refractivity contribution in [2.75, 3.05) is 6.26 Å². The van der Waals surface area contributed by atoms with E-state index >= 15 is 0 Å². The summed E-state index contributed by atoms with van der Waals surface area (Å²) in [6.07, 6.45) is 0.303. The highest BCUT2D eigenvalue weighted by molar-refractivity contribution is 7.90. The van der Waals surface area contributed by atoms with Gasteiger partial charge in [0.25, 0.3) is 0 Å². The third-order valence-electron chi connectivity index (χ3n) is 5.91. The number of hydrogen-bond acceptors (Lipinski definition) is 8. The molecule has 5 aromatic rings. The topological polar surface area (TPSA) is 117 Å². The predicted octanol–water partition coefficient (Wildman–Crippen LogP) is 4.36. The summed E-state index contributed by atoms with van der Waals surface area (Å²) >= 11 is 0.933. The molecule has 3 aromatic heterocycles. The highest BCUT2D eigenvalue weighted by Gasteiger charge is 2.32. The molecule has 0 saturated heterocycles. The Kier molecular flexibility index (Phi) is 6.19. The van der Waals surface area contributed by atoms with Gasteiger partial charge < -0.3 is 0 Å². The Morgan fingerprint density at radius 2 is 1.74 bits per heavy atom. The van der Waals surface area contributed by atoms with Crippen LogP contribution in [-0.4, -0.2) is 46.2 Å². The summed E-state index contributed by atoms with van der Waals surface area (Å²) in [7, 11) is -6.25. The third-order valence-corrected chi connectivity index (χ3v) is 9.40. The molecule has 0 aliphatic rings. The number of rotatable bonds is 6. The van der Waals surface area contributed by atoms with Gasteiger partial charge in [0.15, 0.2) is 9.84 Å². The van der Waals surface area contributed by atoms with E-state index in [0.29, 0.717) is 22.2 Å². The van der Waals surface area contributed by atoms with Crippen molar-refractivity contribution in [2.24, 2.45) is 7.05 Å². The molecule has 0 atom stereocenters. The number of fused-ring (bicyclic) bond motifs is 1. The molecule has 3 heterocycles. The highest BCUT2D eigenvalue weighted by Crippen LogP contribution is 2.41. The number of nitrogens with zero attached hydrogens (tertiary/aromatic N) is 5. The van der Waals surface area contributed by atoms with Crippen molar-refractivity contribution in [2.45, 2.75) is 16.8 Å². The Bertz CT molecular complexity index is 1890. The molecule has 0 aliphatic heterocycles. The lowest BCUT2D eigenvalue weighted by Gasteiger charge is -2.14. The van der Waals surface area contributed by atoms with Crippen LogP contribution in [0.3, 0.4) is 0 Å². The van der Waals surface area contributed by atoms with Gasteiger partial charge in [0.05, 0.1) is 27.9 Å². The smallest absolute Gasteiger partial charge is 0.268 e. The number of halogens is 3. The van der Waals surface area contributed by atoms with Gasteiger partial charge in [0, 0.05) is 36.0 Å². The number of benzene rings is 2. The van der Waals surface area contributed by atoms with Gasteiger partial charge in [0.1, 0.15) is 17.1 Å². The Balaban J connectivity index is 1.76. The first-order valence-electron chi connectivity index (χ1n) is 10.8. The Labute approximate surface area is 219 Å². The second-order valence-electron chi connectivity index (χ2n) is 8.47. The minimum atomic E-state index is -4.61. The zero-order valence-corrected chi connectivity index (χ0v) is 22.2. The molecule has 38 heavy (non-hydrogen) atoms. The van der Waals surface area contributed by atoms with E-state index in [1.807, 2.05) is 0 Å². The average molecular weight is 582 g/mol. The van der Waals surface area contributed by atoms with Gasteiger partial charge in [0.2, 0.25) is 10.0 Å². The van der Waals surface area contributed by atoms with E-state index in [1.54, 1.807) is 13.1 Å². The Morgan fingerprint density at radius 3 is 2.34 bits per heavy atom. The van der Waals surface area contributed by atoms with Crippen LogP contribution >= 0.6 is 11.5 Å². The molecule has 0 N–H and O–H groups in total. The second kappa shape index (κ2) is 9.03. The molecule has 0 radical (unpaired) electrons. The van der Waals surface area contributed by atoms with Crippen molar-refractivity contribution in [3.8, 4) is 22.4 Å². The zero-order valence-electron chi connectivity index (χ0n) is 19.7. The molecule has 0 saturated carbocycles. The van der Waals surface area contributed by atoms with Gasteiger partial charge >= 0.3 is 6.18 Å². The van der Waals surface area contributed by atoms with Crippen LogP contribution in [0.15, 0.2) is 66.1 Å². The maximum absolute atomic E-state index is 13.6. The molecule has 9 nitrogen and oxygen atoms in total. The number of aryl methyl sites for hydroxylation is 1. The molecule has 0 unspecified atom stereocenters. The molecule has 198 valence electrons. The normalized spacial score (nSPS) is 12.9. The Hall–Kier alpha value is -3.56. The van der Waals surface area contributed by atoms with E-state index in [9.17, 15) is 30.0 Å². The second-order valence-corrected chi connectivity index (χ2v) is 13.2. The van der Waals surface area contributed by atoms with E-state index in [2.05, 4.69) is 14.5 Å². The van der Waals surface area contributed by atoms with Gasteiger partial charge in [-0.15, -0.1) is 0 Å². The van der Waals surface area contributed by atoms with Crippen molar-refractivity contribution in [1.82, 2.24) is 23.1 Å². The molecular formula is C23H18F3N5O4S3. The SMILES string of the molecule is Cn1nccc1-c1cc(C(F)(F)F)ccc1-c1cn(S(C)(=O)=O)c2cc(S(=O)(=O)Cc3ncns3)ccc12. The van der Waals surface area contributed by atoms with Crippen LogP contribution in [0.2, 0.25) is 0 Å². The first-order chi connectivity index (χ1) is 17.8. The summed E-state index contributed by atoms with van der Waals surface area (Å²) in [4.78, 5) is 3.76. The van der Waals surface area contributed by atoms with Gasteiger partial charge in [-0.25, -0.2) is 25.8 Å². The van der Waals surface area contributed by atoms with Gasteiger partial charge in [-0.3, -0.25) is 4.68 Å². The molecular weight excluding hydrogens is 563 g/mol. The van der Waals surface area contributed by atoms with Crippen molar-refractivity contribution in [3.05, 3.63) is 71.8 Å². The first kappa shape index (κ1) is 26.1. The molecule has 0 amide bonds. The molecule has 0 spiro atoms. The quantitative estimate of drug-likeness (QED) is 0.293. The van der Waals surface area contributed by atoms with Crippen molar-refractivity contribution in [3.63, 3.8) is 0 Å². The van der Waals surface area contributed by atoms with Crippen LogP contribution < -0.4 is 0 Å². The maximum Gasteiger partial charge on any atom is 0.416 e. The van der Waals surface area contributed by atoms with Gasteiger partial charge in [-0.1, -0.05) is 12.1 Å². The molecule has 0 aliphatic carbocycles. The van der Waals surface area contributed by atoms with Crippen LogP contribution in [0.1, 0.15) is 10.6 Å². The number of aromatic nitrogens is 5.